The van der Waals surface area contributed by atoms with E-state index in [-0.39, 0.29) is 40.3 Å². The van der Waals surface area contributed by atoms with Crippen LogP contribution >= 0.6 is 23.2 Å². The van der Waals surface area contributed by atoms with Crippen molar-refractivity contribution in [1.82, 2.24) is 4.57 Å². The Morgan fingerprint density at radius 3 is 2.55 bits per heavy atom. The number of phenols is 1. The van der Waals surface area contributed by atoms with Crippen LogP contribution in [0.1, 0.15) is 30.1 Å². The van der Waals surface area contributed by atoms with Crippen LogP contribution in [-0.2, 0) is 22.5 Å². The van der Waals surface area contributed by atoms with Crippen molar-refractivity contribution >= 4 is 40.1 Å². The summed E-state index contributed by atoms with van der Waals surface area (Å²) in [7, 11) is 0. The third-order valence-electron chi connectivity index (χ3n) is 6.50. The Bertz CT molecular complexity index is 1520. The number of hydrogen-bond donors (Lipinski definition) is 1. The summed E-state index contributed by atoms with van der Waals surface area (Å²) >= 11 is 12.6. The fraction of sp³-hybridized carbons (Fsp3) is 0.286. The number of nitrogens with zero attached hydrogens (tertiary/aromatic N) is 2. The van der Waals surface area contributed by atoms with Crippen molar-refractivity contribution in [3.8, 4) is 17.2 Å². The minimum atomic E-state index is -3.05. The average molecular weight is 593 g/mol. The van der Waals surface area contributed by atoms with Crippen molar-refractivity contribution < 1.29 is 37.6 Å². The number of halogens is 4. The number of benzene rings is 2. The Balaban J connectivity index is 1.45. The van der Waals surface area contributed by atoms with Gasteiger partial charge in [-0.3, -0.25) is 4.79 Å². The molecule has 0 spiro atoms. The summed E-state index contributed by atoms with van der Waals surface area (Å²) in [6.45, 7) is -2.87. The molecule has 5 rings (SSSR count). The second-order valence-electron chi connectivity index (χ2n) is 9.50. The third kappa shape index (κ3) is 6.68. The molecular weight excluding hydrogens is 569 g/mol. The van der Waals surface area contributed by atoms with Gasteiger partial charge in [-0.15, -0.1) is 0 Å². The summed E-state index contributed by atoms with van der Waals surface area (Å²) in [5.41, 5.74) is 1.50. The smallest absolute Gasteiger partial charge is 0.387 e. The van der Waals surface area contributed by atoms with E-state index in [1.54, 1.807) is 29.0 Å². The molecule has 1 atom stereocenters. The van der Waals surface area contributed by atoms with Crippen LogP contribution in [0.5, 0.6) is 17.2 Å². The number of rotatable bonds is 11. The van der Waals surface area contributed by atoms with Gasteiger partial charge in [0.25, 0.3) is 0 Å². The molecule has 1 saturated carbocycles. The highest BCUT2D eigenvalue weighted by molar-refractivity contribution is 6.35. The lowest BCUT2D eigenvalue weighted by Gasteiger charge is -2.21. The van der Waals surface area contributed by atoms with Gasteiger partial charge < -0.3 is 29.1 Å². The SMILES string of the molecule is O=C(Cn1ccc2cc(O)ccc21)O[C@@H](Cc1c(Cl)c[n+]([O-])cc1Cl)c1ccc(OC(F)F)c(OCC2CC2)c1. The summed E-state index contributed by atoms with van der Waals surface area (Å²) in [6, 6.07) is 10.8. The van der Waals surface area contributed by atoms with Crippen LogP contribution in [0.3, 0.4) is 0 Å². The third-order valence-corrected chi connectivity index (χ3v) is 7.15. The number of esters is 1. The molecule has 2 aromatic heterocycles. The summed E-state index contributed by atoms with van der Waals surface area (Å²) in [5.74, 6) is -0.219. The van der Waals surface area contributed by atoms with Crippen molar-refractivity contribution in [2.45, 2.75) is 38.5 Å². The van der Waals surface area contributed by atoms with E-state index >= 15 is 0 Å². The number of phenolic OH excluding ortho intramolecular Hbond substituents is 1. The topological polar surface area (TPSA) is 96.9 Å². The van der Waals surface area contributed by atoms with Gasteiger partial charge in [0.1, 0.15) is 28.4 Å². The van der Waals surface area contributed by atoms with Gasteiger partial charge in [0, 0.05) is 29.1 Å². The van der Waals surface area contributed by atoms with E-state index in [1.807, 2.05) is 0 Å². The predicted molar refractivity (Wildman–Crippen MR) is 143 cm³/mol. The van der Waals surface area contributed by atoms with Crippen LogP contribution < -0.4 is 14.2 Å². The van der Waals surface area contributed by atoms with Gasteiger partial charge in [0.05, 0.1) is 6.61 Å². The minimum absolute atomic E-state index is 0.0122. The molecule has 0 bridgehead atoms. The first-order valence-corrected chi connectivity index (χ1v) is 13.2. The van der Waals surface area contributed by atoms with Gasteiger partial charge in [-0.25, -0.2) is 0 Å². The molecule has 1 N–H and O–H groups in total. The maximum atomic E-state index is 13.2. The highest BCUT2D eigenvalue weighted by atomic mass is 35.5. The Labute approximate surface area is 237 Å². The van der Waals surface area contributed by atoms with E-state index in [9.17, 15) is 23.9 Å². The number of aromatic hydroxyl groups is 1. The first kappa shape index (κ1) is 27.8. The molecule has 0 radical (unpaired) electrons. The molecule has 1 fully saturated rings. The predicted octanol–water partition coefficient (Wildman–Crippen LogP) is 6.20. The van der Waals surface area contributed by atoms with E-state index in [2.05, 4.69) is 4.74 Å². The second-order valence-corrected chi connectivity index (χ2v) is 10.3. The first-order chi connectivity index (χ1) is 19.2. The largest absolute Gasteiger partial charge is 0.619 e. The van der Waals surface area contributed by atoms with Crippen LogP contribution in [0.4, 0.5) is 8.78 Å². The number of alkyl halides is 2. The zero-order valence-corrected chi connectivity index (χ0v) is 22.4. The number of aromatic nitrogens is 2. The summed E-state index contributed by atoms with van der Waals surface area (Å²) in [4.78, 5) is 13.2. The molecule has 0 saturated heterocycles. The number of carbonyl (C=O) groups is 1. The van der Waals surface area contributed by atoms with Gasteiger partial charge in [0.15, 0.2) is 23.9 Å². The summed E-state index contributed by atoms with van der Waals surface area (Å²) < 4.78 is 44.5. The molecule has 0 unspecified atom stereocenters. The summed E-state index contributed by atoms with van der Waals surface area (Å²) in [5, 5.41) is 22.4. The lowest BCUT2D eigenvalue weighted by molar-refractivity contribution is -0.605. The van der Waals surface area contributed by atoms with E-state index in [0.717, 1.165) is 30.6 Å². The molecule has 40 heavy (non-hydrogen) atoms. The lowest BCUT2D eigenvalue weighted by Crippen LogP contribution is -2.26. The fourth-order valence-corrected chi connectivity index (χ4v) is 4.92. The maximum Gasteiger partial charge on any atom is 0.387 e. The standard InChI is InChI=1S/C28H24Cl2F2N2O6/c29-21-12-34(37)13-22(30)20(21)11-25(39-27(36)14-33-8-7-17-9-19(35)4-5-23(17)33)18-3-6-24(40-28(31)32)26(10-18)38-15-16-1-2-16/h3-10,12-13,16,25,28,35H,1-2,11,14-15H2/t25-/m0/s1. The Hall–Kier alpha value is -3.76. The monoisotopic (exact) mass is 592 g/mol. The van der Waals surface area contributed by atoms with Gasteiger partial charge in [-0.05, 0) is 60.7 Å². The van der Waals surface area contributed by atoms with Gasteiger partial charge >= 0.3 is 12.6 Å². The number of carbonyl (C=O) groups excluding carboxylic acids is 1. The molecule has 2 aromatic carbocycles. The van der Waals surface area contributed by atoms with Crippen LogP contribution in [0, 0.1) is 11.1 Å². The molecule has 1 aliphatic rings. The highest BCUT2D eigenvalue weighted by Crippen LogP contribution is 2.38. The number of pyridine rings is 1. The molecular formula is C28H24Cl2F2N2O6. The Kier molecular flexibility index (Phi) is 8.18. The van der Waals surface area contributed by atoms with Gasteiger partial charge in [-0.1, -0.05) is 29.3 Å². The lowest BCUT2D eigenvalue weighted by atomic mass is 10.0. The highest BCUT2D eigenvalue weighted by Gasteiger charge is 2.26. The van der Waals surface area contributed by atoms with Crippen molar-refractivity contribution in [3.63, 3.8) is 0 Å². The van der Waals surface area contributed by atoms with Crippen LogP contribution in [-0.4, -0.2) is 28.9 Å². The fourth-order valence-electron chi connectivity index (χ4n) is 4.32. The molecule has 0 amide bonds. The van der Waals surface area contributed by atoms with Crippen molar-refractivity contribution in [3.05, 3.63) is 87.4 Å². The Morgan fingerprint density at radius 1 is 1.10 bits per heavy atom. The normalized spacial score (nSPS) is 13.9. The van der Waals surface area contributed by atoms with Crippen LogP contribution in [0.2, 0.25) is 10.0 Å². The number of hydrogen-bond acceptors (Lipinski definition) is 6. The van der Waals surface area contributed by atoms with E-state index < -0.39 is 18.7 Å². The molecule has 1 aliphatic carbocycles. The minimum Gasteiger partial charge on any atom is -0.619 e. The van der Waals surface area contributed by atoms with Crippen molar-refractivity contribution in [1.29, 1.82) is 0 Å². The van der Waals surface area contributed by atoms with Gasteiger partial charge in [-0.2, -0.15) is 13.5 Å². The van der Waals surface area contributed by atoms with Crippen LogP contribution in [0.25, 0.3) is 10.9 Å². The molecule has 12 heteroatoms. The zero-order chi connectivity index (χ0) is 28.4. The van der Waals surface area contributed by atoms with Crippen molar-refractivity contribution in [2.24, 2.45) is 5.92 Å². The summed E-state index contributed by atoms with van der Waals surface area (Å²) in [6.07, 6.45) is 4.95. The number of fused-ring (bicyclic) bond motifs is 1. The van der Waals surface area contributed by atoms with Gasteiger partial charge in [0.2, 0.25) is 0 Å². The van der Waals surface area contributed by atoms with E-state index in [1.165, 1.54) is 24.3 Å². The maximum absolute atomic E-state index is 13.2. The first-order valence-electron chi connectivity index (χ1n) is 12.4. The van der Waals surface area contributed by atoms with E-state index in [4.69, 9.17) is 32.7 Å². The number of ether oxygens (including phenoxy) is 3. The molecule has 4 aromatic rings. The molecule has 210 valence electrons. The second kappa shape index (κ2) is 11.8. The molecule has 0 aliphatic heterocycles. The van der Waals surface area contributed by atoms with Crippen molar-refractivity contribution in [2.75, 3.05) is 6.61 Å². The van der Waals surface area contributed by atoms with Crippen LogP contribution in [0.15, 0.2) is 61.1 Å². The molecule has 8 nitrogen and oxygen atoms in total. The molecule has 2 heterocycles. The average Bonchev–Trinajstić information content (AvgIpc) is 3.64. The quantitative estimate of drug-likeness (QED) is 0.126. The van der Waals surface area contributed by atoms with E-state index in [0.29, 0.717) is 33.9 Å². The zero-order valence-electron chi connectivity index (χ0n) is 20.9. The Morgan fingerprint density at radius 2 is 1.85 bits per heavy atom.